The average Bonchev–Trinajstić information content (AvgIpc) is 2.53. The lowest BCUT2D eigenvalue weighted by atomic mass is 9.98. The second kappa shape index (κ2) is 5.88. The molecule has 0 unspecified atom stereocenters. The molecule has 2 aromatic rings. The molecule has 0 saturated carbocycles. The van der Waals surface area contributed by atoms with E-state index in [1.807, 2.05) is 51.4 Å². The third-order valence-corrected chi connectivity index (χ3v) is 4.45. The lowest BCUT2D eigenvalue weighted by Gasteiger charge is -2.33. The van der Waals surface area contributed by atoms with E-state index in [1.165, 1.54) is 0 Å². The Hall–Kier alpha value is -2.62. The lowest BCUT2D eigenvalue weighted by molar-refractivity contribution is 0.111. The number of benzene rings is 2. The third kappa shape index (κ3) is 2.61. The highest BCUT2D eigenvalue weighted by molar-refractivity contribution is 5.83. The molecule has 0 N–H and O–H groups in total. The summed E-state index contributed by atoms with van der Waals surface area (Å²) in [7, 11) is 4.05. The van der Waals surface area contributed by atoms with Crippen LogP contribution in [-0.2, 0) is 13.1 Å². The summed E-state index contributed by atoms with van der Waals surface area (Å²) in [5.41, 5.74) is 6.86. The molecule has 118 valence electrons. The van der Waals surface area contributed by atoms with Crippen molar-refractivity contribution < 1.29 is 9.59 Å². The summed E-state index contributed by atoms with van der Waals surface area (Å²) in [6, 6.07) is 9.68. The van der Waals surface area contributed by atoms with Gasteiger partial charge in [0, 0.05) is 55.2 Å². The van der Waals surface area contributed by atoms with Gasteiger partial charge < -0.3 is 9.80 Å². The quantitative estimate of drug-likeness (QED) is 0.799. The number of hydrogen-bond acceptors (Lipinski definition) is 4. The summed E-state index contributed by atoms with van der Waals surface area (Å²) in [5, 5.41) is 0. The van der Waals surface area contributed by atoms with E-state index >= 15 is 0 Å². The number of nitrogens with zero attached hydrogens (tertiary/aromatic N) is 2. The van der Waals surface area contributed by atoms with E-state index in [1.54, 1.807) is 0 Å². The molecule has 1 aliphatic rings. The van der Waals surface area contributed by atoms with Crippen molar-refractivity contribution in [3.05, 3.63) is 58.1 Å². The predicted molar refractivity (Wildman–Crippen MR) is 92.6 cm³/mol. The molecule has 0 spiro atoms. The monoisotopic (exact) mass is 308 g/mol. The van der Waals surface area contributed by atoms with Crippen LogP contribution in [0.15, 0.2) is 30.3 Å². The van der Waals surface area contributed by atoms with Gasteiger partial charge in [0.15, 0.2) is 0 Å². The Morgan fingerprint density at radius 3 is 2.48 bits per heavy atom. The molecular formula is C19H20N2O2. The molecule has 1 heterocycles. The highest BCUT2D eigenvalue weighted by Gasteiger charge is 2.21. The Morgan fingerprint density at radius 2 is 1.78 bits per heavy atom. The van der Waals surface area contributed by atoms with Crippen LogP contribution < -0.4 is 9.80 Å². The fraction of sp³-hybridized carbons (Fsp3) is 0.263. The SMILES string of the molecule is Cc1cc(C=O)cc2c1N(C)Cc1c(C=O)cccc1N(C)C2. The molecule has 0 atom stereocenters. The van der Waals surface area contributed by atoms with Gasteiger partial charge in [-0.25, -0.2) is 0 Å². The van der Waals surface area contributed by atoms with Crippen molar-refractivity contribution in [3.8, 4) is 0 Å². The van der Waals surface area contributed by atoms with Crippen molar-refractivity contribution in [2.45, 2.75) is 20.0 Å². The van der Waals surface area contributed by atoms with Crippen LogP contribution in [0.25, 0.3) is 0 Å². The first kappa shape index (κ1) is 15.3. The molecule has 1 aliphatic heterocycles. The van der Waals surface area contributed by atoms with Crippen molar-refractivity contribution in [2.75, 3.05) is 23.9 Å². The first-order valence-corrected chi connectivity index (χ1v) is 7.63. The Balaban J connectivity index is 2.18. The van der Waals surface area contributed by atoms with Crippen molar-refractivity contribution in [3.63, 3.8) is 0 Å². The van der Waals surface area contributed by atoms with Crippen molar-refractivity contribution in [1.29, 1.82) is 0 Å². The Bertz CT molecular complexity index is 783. The maximum atomic E-state index is 11.4. The second-order valence-corrected chi connectivity index (χ2v) is 6.14. The number of carbonyl (C=O) groups is 2. The van der Waals surface area contributed by atoms with Gasteiger partial charge in [-0.15, -0.1) is 0 Å². The van der Waals surface area contributed by atoms with Gasteiger partial charge in [-0.3, -0.25) is 9.59 Å². The van der Waals surface area contributed by atoms with Crippen molar-refractivity contribution in [1.82, 2.24) is 0 Å². The van der Waals surface area contributed by atoms with Crippen LogP contribution in [0, 0.1) is 6.92 Å². The average molecular weight is 308 g/mol. The zero-order chi connectivity index (χ0) is 16.6. The highest BCUT2D eigenvalue weighted by atomic mass is 16.1. The molecular weight excluding hydrogens is 288 g/mol. The lowest BCUT2D eigenvalue weighted by Crippen LogP contribution is -2.28. The van der Waals surface area contributed by atoms with Crippen LogP contribution in [0.3, 0.4) is 0 Å². The topological polar surface area (TPSA) is 40.6 Å². The minimum absolute atomic E-state index is 0.656. The summed E-state index contributed by atoms with van der Waals surface area (Å²) in [6.45, 7) is 3.37. The van der Waals surface area contributed by atoms with Crippen molar-refractivity contribution in [2.24, 2.45) is 0 Å². The van der Waals surface area contributed by atoms with Gasteiger partial charge in [0.25, 0.3) is 0 Å². The van der Waals surface area contributed by atoms with E-state index in [9.17, 15) is 9.59 Å². The number of carbonyl (C=O) groups excluding carboxylic acids is 2. The molecule has 0 saturated heterocycles. The van der Waals surface area contributed by atoms with Gasteiger partial charge in [0.2, 0.25) is 0 Å². The Labute approximate surface area is 136 Å². The summed E-state index contributed by atoms with van der Waals surface area (Å²) in [4.78, 5) is 26.9. The van der Waals surface area contributed by atoms with Gasteiger partial charge >= 0.3 is 0 Å². The molecule has 0 aliphatic carbocycles. The van der Waals surface area contributed by atoms with E-state index in [2.05, 4.69) is 9.80 Å². The largest absolute Gasteiger partial charge is 0.370 e. The molecule has 0 aromatic heterocycles. The van der Waals surface area contributed by atoms with Crippen LogP contribution in [0.5, 0.6) is 0 Å². The Morgan fingerprint density at radius 1 is 1.00 bits per heavy atom. The van der Waals surface area contributed by atoms with Crippen LogP contribution in [0.4, 0.5) is 11.4 Å². The molecule has 4 heteroatoms. The number of fused-ring (bicyclic) bond motifs is 2. The van der Waals surface area contributed by atoms with Gasteiger partial charge in [-0.05, 0) is 36.2 Å². The first-order valence-electron chi connectivity index (χ1n) is 7.63. The summed E-state index contributed by atoms with van der Waals surface area (Å²) in [5.74, 6) is 0. The second-order valence-electron chi connectivity index (χ2n) is 6.14. The minimum Gasteiger partial charge on any atom is -0.370 e. The van der Waals surface area contributed by atoms with E-state index in [0.29, 0.717) is 18.7 Å². The number of aldehydes is 2. The molecule has 2 aromatic carbocycles. The van der Waals surface area contributed by atoms with Gasteiger partial charge in [0.1, 0.15) is 12.6 Å². The molecule has 0 bridgehead atoms. The smallest absolute Gasteiger partial charge is 0.150 e. The van der Waals surface area contributed by atoms with E-state index < -0.39 is 0 Å². The predicted octanol–water partition coefficient (Wildman–Crippen LogP) is 3.21. The molecule has 0 amide bonds. The molecule has 0 radical (unpaired) electrons. The maximum absolute atomic E-state index is 11.4. The van der Waals surface area contributed by atoms with Gasteiger partial charge in [-0.1, -0.05) is 12.1 Å². The van der Waals surface area contributed by atoms with E-state index in [4.69, 9.17) is 0 Å². The zero-order valence-electron chi connectivity index (χ0n) is 13.7. The maximum Gasteiger partial charge on any atom is 0.150 e. The van der Waals surface area contributed by atoms with Gasteiger partial charge in [0.05, 0.1) is 0 Å². The van der Waals surface area contributed by atoms with Crippen LogP contribution in [0.1, 0.15) is 37.4 Å². The minimum atomic E-state index is 0.656. The standard InChI is InChI=1S/C19H20N2O2/c1-13-7-14(11-22)8-16-9-20(2)18-6-4-5-15(12-23)17(18)10-21(3)19(13)16/h4-8,11-12H,9-10H2,1-3H3. The summed E-state index contributed by atoms with van der Waals surface area (Å²) in [6.07, 6.45) is 1.82. The summed E-state index contributed by atoms with van der Waals surface area (Å²) >= 11 is 0. The molecule has 23 heavy (non-hydrogen) atoms. The zero-order valence-corrected chi connectivity index (χ0v) is 13.7. The Kier molecular flexibility index (Phi) is 3.90. The van der Waals surface area contributed by atoms with Crippen molar-refractivity contribution >= 4 is 23.9 Å². The highest BCUT2D eigenvalue weighted by Crippen LogP contribution is 2.34. The first-order chi connectivity index (χ1) is 11.0. The molecule has 0 fully saturated rings. The fourth-order valence-corrected chi connectivity index (χ4v) is 3.51. The number of aryl methyl sites for hydroxylation is 1. The van der Waals surface area contributed by atoms with Crippen LogP contribution >= 0.6 is 0 Å². The van der Waals surface area contributed by atoms with Gasteiger partial charge in [-0.2, -0.15) is 0 Å². The fourth-order valence-electron chi connectivity index (χ4n) is 3.51. The van der Waals surface area contributed by atoms with Crippen LogP contribution in [-0.4, -0.2) is 26.7 Å². The number of rotatable bonds is 2. The van der Waals surface area contributed by atoms with E-state index in [-0.39, 0.29) is 0 Å². The molecule has 3 rings (SSSR count). The molecule has 4 nitrogen and oxygen atoms in total. The normalized spacial score (nSPS) is 13.7. The third-order valence-electron chi connectivity index (χ3n) is 4.45. The number of anilines is 2. The number of hydrogen-bond donors (Lipinski definition) is 0. The van der Waals surface area contributed by atoms with Crippen LogP contribution in [0.2, 0.25) is 0 Å². The van der Waals surface area contributed by atoms with E-state index in [0.717, 1.165) is 46.2 Å². The summed E-state index contributed by atoms with van der Waals surface area (Å²) < 4.78 is 0.